The summed E-state index contributed by atoms with van der Waals surface area (Å²) in [6, 6.07) is 5.83. The zero-order chi connectivity index (χ0) is 13.8. The van der Waals surface area contributed by atoms with Gasteiger partial charge in [0.15, 0.2) is 5.84 Å². The zero-order valence-electron chi connectivity index (χ0n) is 10.8. The van der Waals surface area contributed by atoms with Crippen molar-refractivity contribution in [3.05, 3.63) is 28.2 Å². The number of hydrogen-bond acceptors (Lipinski definition) is 4. The first-order valence-electron chi connectivity index (χ1n) is 6.17. The number of methoxy groups -OCH3 is 1. The Balaban J connectivity index is 2.25. The minimum atomic E-state index is 0.131. The second-order valence-electron chi connectivity index (χ2n) is 4.70. The van der Waals surface area contributed by atoms with Gasteiger partial charge >= 0.3 is 0 Å². The standard InChI is InChI=1S/C13H18BrN3O2/c1-19-8-9-4-5-17(7-9)12-3-2-10(14)6-11(12)13(15)16-18/h2-3,6,9,18H,4-5,7-8H2,1H3,(H2,15,16). The van der Waals surface area contributed by atoms with Crippen LogP contribution in [0.5, 0.6) is 0 Å². The quantitative estimate of drug-likeness (QED) is 0.384. The van der Waals surface area contributed by atoms with Gasteiger partial charge in [-0.15, -0.1) is 0 Å². The summed E-state index contributed by atoms with van der Waals surface area (Å²) in [7, 11) is 1.73. The Hall–Kier alpha value is -1.27. The second kappa shape index (κ2) is 6.25. The van der Waals surface area contributed by atoms with Gasteiger partial charge in [0.05, 0.1) is 6.61 Å². The number of oxime groups is 1. The number of hydrogen-bond donors (Lipinski definition) is 2. The molecule has 1 saturated heterocycles. The lowest BCUT2D eigenvalue weighted by Gasteiger charge is -2.22. The Kier molecular flexibility index (Phi) is 4.66. The van der Waals surface area contributed by atoms with Crippen molar-refractivity contribution in [1.29, 1.82) is 0 Å². The summed E-state index contributed by atoms with van der Waals surface area (Å²) < 4.78 is 6.11. The van der Waals surface area contributed by atoms with E-state index in [2.05, 4.69) is 26.0 Å². The van der Waals surface area contributed by atoms with Crippen LogP contribution in [0.4, 0.5) is 5.69 Å². The van der Waals surface area contributed by atoms with Gasteiger partial charge in [0.2, 0.25) is 0 Å². The normalized spacial score (nSPS) is 20.0. The number of ether oxygens (including phenoxy) is 1. The molecule has 6 heteroatoms. The predicted molar refractivity (Wildman–Crippen MR) is 78.8 cm³/mol. The van der Waals surface area contributed by atoms with E-state index in [-0.39, 0.29) is 5.84 Å². The van der Waals surface area contributed by atoms with Gasteiger partial charge in [-0.05, 0) is 24.6 Å². The molecule has 104 valence electrons. The lowest BCUT2D eigenvalue weighted by atomic mass is 10.1. The Labute approximate surface area is 121 Å². The summed E-state index contributed by atoms with van der Waals surface area (Å²) in [4.78, 5) is 2.25. The van der Waals surface area contributed by atoms with Gasteiger partial charge in [0.25, 0.3) is 0 Å². The highest BCUT2D eigenvalue weighted by Gasteiger charge is 2.25. The van der Waals surface area contributed by atoms with Crippen LogP contribution in [0, 0.1) is 5.92 Å². The molecule has 3 N–H and O–H groups in total. The van der Waals surface area contributed by atoms with Crippen LogP contribution in [0.3, 0.4) is 0 Å². The van der Waals surface area contributed by atoms with Crippen LogP contribution in [0.15, 0.2) is 27.8 Å². The smallest absolute Gasteiger partial charge is 0.172 e. The van der Waals surface area contributed by atoms with E-state index in [9.17, 15) is 0 Å². The van der Waals surface area contributed by atoms with E-state index >= 15 is 0 Å². The Bertz CT molecular complexity index is 479. The zero-order valence-corrected chi connectivity index (χ0v) is 12.4. The summed E-state index contributed by atoms with van der Waals surface area (Å²) in [5.41, 5.74) is 7.50. The van der Waals surface area contributed by atoms with Crippen LogP contribution in [0.2, 0.25) is 0 Å². The van der Waals surface area contributed by atoms with E-state index < -0.39 is 0 Å². The van der Waals surface area contributed by atoms with Crippen LogP contribution < -0.4 is 10.6 Å². The van der Waals surface area contributed by atoms with E-state index in [1.807, 2.05) is 18.2 Å². The number of nitrogens with two attached hydrogens (primary N) is 1. The molecule has 0 aromatic heterocycles. The first kappa shape index (κ1) is 14.1. The van der Waals surface area contributed by atoms with Crippen LogP contribution >= 0.6 is 15.9 Å². The molecule has 5 nitrogen and oxygen atoms in total. The number of rotatable bonds is 4. The minimum Gasteiger partial charge on any atom is -0.409 e. The molecule has 0 saturated carbocycles. The molecule has 2 rings (SSSR count). The van der Waals surface area contributed by atoms with Gasteiger partial charge in [-0.3, -0.25) is 0 Å². The highest BCUT2D eigenvalue weighted by atomic mass is 79.9. The van der Waals surface area contributed by atoms with E-state index in [0.29, 0.717) is 5.92 Å². The van der Waals surface area contributed by atoms with Gasteiger partial charge < -0.3 is 20.6 Å². The summed E-state index contributed by atoms with van der Waals surface area (Å²) >= 11 is 3.41. The highest BCUT2D eigenvalue weighted by molar-refractivity contribution is 9.10. The Morgan fingerprint density at radius 2 is 2.42 bits per heavy atom. The minimum absolute atomic E-state index is 0.131. The van der Waals surface area contributed by atoms with Crippen molar-refractivity contribution in [1.82, 2.24) is 0 Å². The maximum atomic E-state index is 8.89. The first-order valence-corrected chi connectivity index (χ1v) is 6.96. The average molecular weight is 328 g/mol. The molecular weight excluding hydrogens is 310 g/mol. The van der Waals surface area contributed by atoms with Crippen molar-refractivity contribution in [2.75, 3.05) is 31.7 Å². The molecule has 1 unspecified atom stereocenters. The molecule has 1 fully saturated rings. The maximum absolute atomic E-state index is 8.89. The molecule has 1 aromatic carbocycles. The Morgan fingerprint density at radius 3 is 3.11 bits per heavy atom. The molecule has 1 aliphatic heterocycles. The van der Waals surface area contributed by atoms with Gasteiger partial charge in [-0.2, -0.15) is 0 Å². The van der Waals surface area contributed by atoms with Crippen LogP contribution in [-0.2, 0) is 4.74 Å². The number of amidine groups is 1. The molecule has 0 amide bonds. The van der Waals surface area contributed by atoms with Crippen LogP contribution in [0.25, 0.3) is 0 Å². The summed E-state index contributed by atoms with van der Waals surface area (Å²) in [5.74, 6) is 0.667. The molecule has 1 heterocycles. The van der Waals surface area contributed by atoms with Crippen LogP contribution in [0.1, 0.15) is 12.0 Å². The molecule has 0 aliphatic carbocycles. The molecule has 1 atom stereocenters. The van der Waals surface area contributed by atoms with E-state index in [1.54, 1.807) is 7.11 Å². The third kappa shape index (κ3) is 3.19. The summed E-state index contributed by atoms with van der Waals surface area (Å²) in [5, 5.41) is 12.0. The second-order valence-corrected chi connectivity index (χ2v) is 5.62. The van der Waals surface area contributed by atoms with E-state index in [1.165, 1.54) is 0 Å². The van der Waals surface area contributed by atoms with E-state index in [4.69, 9.17) is 15.7 Å². The van der Waals surface area contributed by atoms with Crippen molar-refractivity contribution in [3.63, 3.8) is 0 Å². The lowest BCUT2D eigenvalue weighted by molar-refractivity contribution is 0.161. The fourth-order valence-electron chi connectivity index (χ4n) is 2.47. The van der Waals surface area contributed by atoms with Gasteiger partial charge in [0, 0.05) is 41.8 Å². The molecule has 0 bridgehead atoms. The molecule has 0 radical (unpaired) electrons. The third-order valence-corrected chi connectivity index (χ3v) is 3.86. The fourth-order valence-corrected chi connectivity index (χ4v) is 2.83. The number of halogens is 1. The molecule has 1 aliphatic rings. The lowest BCUT2D eigenvalue weighted by Crippen LogP contribution is -2.25. The molecule has 0 spiro atoms. The summed E-state index contributed by atoms with van der Waals surface area (Å²) in [6.45, 7) is 2.66. The number of nitrogens with zero attached hydrogens (tertiary/aromatic N) is 2. The van der Waals surface area contributed by atoms with Crippen molar-refractivity contribution < 1.29 is 9.94 Å². The number of anilines is 1. The van der Waals surface area contributed by atoms with Crippen LogP contribution in [-0.4, -0.2) is 37.8 Å². The largest absolute Gasteiger partial charge is 0.409 e. The monoisotopic (exact) mass is 327 g/mol. The fraction of sp³-hybridized carbons (Fsp3) is 0.462. The maximum Gasteiger partial charge on any atom is 0.172 e. The van der Waals surface area contributed by atoms with Gasteiger partial charge in [0.1, 0.15) is 0 Å². The van der Waals surface area contributed by atoms with Crippen molar-refractivity contribution in [2.45, 2.75) is 6.42 Å². The molecule has 1 aromatic rings. The van der Waals surface area contributed by atoms with E-state index in [0.717, 1.165) is 41.8 Å². The SMILES string of the molecule is COCC1CCN(c2ccc(Br)cc2/C(N)=N/O)C1. The van der Waals surface area contributed by atoms with Gasteiger partial charge in [-0.25, -0.2) is 0 Å². The van der Waals surface area contributed by atoms with Crippen molar-refractivity contribution >= 4 is 27.5 Å². The number of benzene rings is 1. The first-order chi connectivity index (χ1) is 9.15. The third-order valence-electron chi connectivity index (χ3n) is 3.37. The molecular formula is C13H18BrN3O2. The van der Waals surface area contributed by atoms with Crippen molar-refractivity contribution in [2.24, 2.45) is 16.8 Å². The predicted octanol–water partition coefficient (Wildman–Crippen LogP) is 2.02. The highest BCUT2D eigenvalue weighted by Crippen LogP contribution is 2.29. The Morgan fingerprint density at radius 1 is 1.63 bits per heavy atom. The average Bonchev–Trinajstić information content (AvgIpc) is 2.86. The molecule has 19 heavy (non-hydrogen) atoms. The topological polar surface area (TPSA) is 71.1 Å². The van der Waals surface area contributed by atoms with Gasteiger partial charge in [-0.1, -0.05) is 21.1 Å². The van der Waals surface area contributed by atoms with Crippen molar-refractivity contribution in [3.8, 4) is 0 Å². The summed E-state index contributed by atoms with van der Waals surface area (Å²) in [6.07, 6.45) is 1.10.